The van der Waals surface area contributed by atoms with E-state index in [1.54, 1.807) is 42.7 Å². The van der Waals surface area contributed by atoms with Crippen LogP contribution in [0.2, 0.25) is 0 Å². The zero-order valence-corrected chi connectivity index (χ0v) is 10.5. The molecule has 0 bridgehead atoms. The zero-order chi connectivity index (χ0) is 14.4. The summed E-state index contributed by atoms with van der Waals surface area (Å²) >= 11 is 0. The largest absolute Gasteiger partial charge is 0.478 e. The van der Waals surface area contributed by atoms with Crippen molar-refractivity contribution >= 4 is 23.3 Å². The van der Waals surface area contributed by atoms with Crippen LogP contribution >= 0.6 is 0 Å². The number of nitrogens with zero attached hydrogens (tertiary/aromatic N) is 1. The summed E-state index contributed by atoms with van der Waals surface area (Å²) in [6, 6.07) is 9.73. The molecule has 6 heteroatoms. The smallest absolute Gasteiger partial charge is 0.337 e. The van der Waals surface area contributed by atoms with Gasteiger partial charge in [0.25, 0.3) is 0 Å². The topological polar surface area (TPSA) is 91.3 Å². The monoisotopic (exact) mass is 271 g/mol. The summed E-state index contributed by atoms with van der Waals surface area (Å²) in [7, 11) is 0. The maximum atomic E-state index is 11.8. The molecule has 102 valence electrons. The van der Waals surface area contributed by atoms with Gasteiger partial charge >= 0.3 is 5.97 Å². The highest BCUT2D eigenvalue weighted by Crippen LogP contribution is 2.14. The van der Waals surface area contributed by atoms with Crippen LogP contribution in [-0.4, -0.2) is 28.5 Å². The Hall–Kier alpha value is -2.89. The lowest BCUT2D eigenvalue weighted by molar-refractivity contribution is -0.114. The minimum absolute atomic E-state index is 0.0396. The lowest BCUT2D eigenvalue weighted by Gasteiger charge is -2.09. The summed E-state index contributed by atoms with van der Waals surface area (Å²) in [5.41, 5.74) is 1.10. The number of para-hydroxylation sites is 1. The maximum Gasteiger partial charge on any atom is 0.337 e. The van der Waals surface area contributed by atoms with Gasteiger partial charge in [0.05, 0.1) is 17.8 Å². The Morgan fingerprint density at radius 1 is 1.10 bits per heavy atom. The quantitative estimate of drug-likeness (QED) is 0.771. The van der Waals surface area contributed by atoms with Crippen LogP contribution in [0.5, 0.6) is 0 Å². The molecule has 1 heterocycles. The number of aromatic carboxylic acids is 1. The van der Waals surface area contributed by atoms with Gasteiger partial charge in [0, 0.05) is 18.1 Å². The first kappa shape index (κ1) is 13.5. The third-order valence-corrected chi connectivity index (χ3v) is 2.56. The van der Waals surface area contributed by atoms with Crippen molar-refractivity contribution in [2.75, 3.05) is 17.2 Å². The highest BCUT2D eigenvalue weighted by Gasteiger charge is 2.11. The molecular formula is C14H13N3O3. The first-order valence-corrected chi connectivity index (χ1v) is 5.93. The Kier molecular flexibility index (Phi) is 4.28. The average Bonchev–Trinajstić information content (AvgIpc) is 2.46. The van der Waals surface area contributed by atoms with Crippen molar-refractivity contribution in [2.24, 2.45) is 0 Å². The van der Waals surface area contributed by atoms with Gasteiger partial charge in [-0.25, -0.2) is 4.79 Å². The summed E-state index contributed by atoms with van der Waals surface area (Å²) in [6.07, 6.45) is 3.22. The standard InChI is InChI=1S/C14H13N3O3/c18-13(9-16-10-5-7-15-8-6-10)17-12-4-2-1-3-11(12)14(19)20/h1-8H,9H2,(H,15,16)(H,17,18)(H,19,20). The number of benzene rings is 1. The van der Waals surface area contributed by atoms with Gasteiger partial charge in [0.2, 0.25) is 5.91 Å². The number of aromatic nitrogens is 1. The van der Waals surface area contributed by atoms with Gasteiger partial charge in [-0.3, -0.25) is 9.78 Å². The van der Waals surface area contributed by atoms with Gasteiger partial charge < -0.3 is 15.7 Å². The molecule has 3 N–H and O–H groups in total. The van der Waals surface area contributed by atoms with Gasteiger partial charge in [-0.05, 0) is 24.3 Å². The van der Waals surface area contributed by atoms with E-state index in [4.69, 9.17) is 5.11 Å². The molecule has 2 rings (SSSR count). The Bertz CT molecular complexity index is 614. The molecule has 0 unspecified atom stereocenters. The van der Waals surface area contributed by atoms with Gasteiger partial charge in [-0.15, -0.1) is 0 Å². The number of anilines is 2. The van der Waals surface area contributed by atoms with E-state index in [-0.39, 0.29) is 23.7 Å². The van der Waals surface area contributed by atoms with Crippen LogP contribution in [-0.2, 0) is 4.79 Å². The Balaban J connectivity index is 1.97. The molecule has 1 aromatic heterocycles. The number of pyridine rings is 1. The Morgan fingerprint density at radius 2 is 1.80 bits per heavy atom. The van der Waals surface area contributed by atoms with E-state index in [9.17, 15) is 9.59 Å². The predicted molar refractivity (Wildman–Crippen MR) is 74.8 cm³/mol. The van der Waals surface area contributed by atoms with Crippen molar-refractivity contribution in [3.63, 3.8) is 0 Å². The van der Waals surface area contributed by atoms with Crippen molar-refractivity contribution in [1.82, 2.24) is 4.98 Å². The van der Waals surface area contributed by atoms with Gasteiger partial charge in [-0.2, -0.15) is 0 Å². The molecule has 1 aromatic carbocycles. The first-order chi connectivity index (χ1) is 9.66. The minimum atomic E-state index is -1.08. The van der Waals surface area contributed by atoms with Crippen LogP contribution in [0.3, 0.4) is 0 Å². The van der Waals surface area contributed by atoms with Crippen LogP contribution < -0.4 is 10.6 Å². The van der Waals surface area contributed by atoms with Gasteiger partial charge in [-0.1, -0.05) is 12.1 Å². The molecule has 0 radical (unpaired) electrons. The van der Waals surface area contributed by atoms with Crippen LogP contribution in [0.15, 0.2) is 48.8 Å². The number of carboxylic acid groups (broad SMARTS) is 1. The summed E-state index contributed by atoms with van der Waals surface area (Å²) in [5.74, 6) is -1.40. The van der Waals surface area contributed by atoms with Crippen LogP contribution in [0.1, 0.15) is 10.4 Å². The van der Waals surface area contributed by atoms with E-state index in [1.807, 2.05) is 0 Å². The molecular weight excluding hydrogens is 258 g/mol. The van der Waals surface area contributed by atoms with Crippen molar-refractivity contribution < 1.29 is 14.7 Å². The van der Waals surface area contributed by atoms with Crippen LogP contribution in [0.4, 0.5) is 11.4 Å². The number of amides is 1. The second-order valence-corrected chi connectivity index (χ2v) is 3.99. The molecule has 0 spiro atoms. The Morgan fingerprint density at radius 3 is 2.50 bits per heavy atom. The van der Waals surface area contributed by atoms with E-state index < -0.39 is 5.97 Å². The van der Waals surface area contributed by atoms with E-state index in [2.05, 4.69) is 15.6 Å². The number of rotatable bonds is 5. The van der Waals surface area contributed by atoms with Gasteiger partial charge in [0.1, 0.15) is 0 Å². The lowest BCUT2D eigenvalue weighted by Crippen LogP contribution is -2.22. The average molecular weight is 271 g/mol. The molecule has 0 aliphatic rings. The van der Waals surface area contributed by atoms with Crippen molar-refractivity contribution in [2.45, 2.75) is 0 Å². The van der Waals surface area contributed by atoms with Crippen LogP contribution in [0, 0.1) is 0 Å². The third-order valence-electron chi connectivity index (χ3n) is 2.56. The summed E-state index contributed by atoms with van der Waals surface area (Å²) in [4.78, 5) is 26.7. The summed E-state index contributed by atoms with van der Waals surface area (Å²) in [5, 5.41) is 14.5. The predicted octanol–water partition coefficient (Wildman–Crippen LogP) is 1.83. The van der Waals surface area contributed by atoms with Crippen LogP contribution in [0.25, 0.3) is 0 Å². The fourth-order valence-electron chi connectivity index (χ4n) is 1.63. The molecule has 1 amide bonds. The number of carbonyl (C=O) groups excluding carboxylic acids is 1. The van der Waals surface area contributed by atoms with Gasteiger partial charge in [0.15, 0.2) is 0 Å². The van der Waals surface area contributed by atoms with E-state index in [0.29, 0.717) is 0 Å². The van der Waals surface area contributed by atoms with Crippen molar-refractivity contribution in [1.29, 1.82) is 0 Å². The maximum absolute atomic E-state index is 11.8. The normalized spacial score (nSPS) is 9.80. The van der Waals surface area contributed by atoms with Crippen molar-refractivity contribution in [3.05, 3.63) is 54.4 Å². The highest BCUT2D eigenvalue weighted by atomic mass is 16.4. The van der Waals surface area contributed by atoms with E-state index in [1.165, 1.54) is 6.07 Å². The van der Waals surface area contributed by atoms with E-state index in [0.717, 1.165) is 5.69 Å². The summed E-state index contributed by atoms with van der Waals surface area (Å²) < 4.78 is 0. The van der Waals surface area contributed by atoms with Crippen molar-refractivity contribution in [3.8, 4) is 0 Å². The highest BCUT2D eigenvalue weighted by molar-refractivity contribution is 6.01. The second-order valence-electron chi connectivity index (χ2n) is 3.99. The molecule has 0 saturated heterocycles. The fraction of sp³-hybridized carbons (Fsp3) is 0.0714. The number of carboxylic acids is 1. The zero-order valence-electron chi connectivity index (χ0n) is 10.5. The third kappa shape index (κ3) is 3.55. The number of nitrogens with one attached hydrogen (secondary N) is 2. The van der Waals surface area contributed by atoms with E-state index >= 15 is 0 Å². The molecule has 0 saturated carbocycles. The molecule has 20 heavy (non-hydrogen) atoms. The first-order valence-electron chi connectivity index (χ1n) is 5.93. The molecule has 2 aromatic rings. The second kappa shape index (κ2) is 6.33. The molecule has 6 nitrogen and oxygen atoms in total. The molecule has 0 fully saturated rings. The fourth-order valence-corrected chi connectivity index (χ4v) is 1.63. The number of hydrogen-bond acceptors (Lipinski definition) is 4. The number of carbonyl (C=O) groups is 2. The molecule has 0 atom stereocenters. The molecule has 0 aliphatic heterocycles. The number of hydrogen-bond donors (Lipinski definition) is 3. The Labute approximate surface area is 115 Å². The summed E-state index contributed by atoms with van der Waals surface area (Å²) in [6.45, 7) is 0.0396. The minimum Gasteiger partial charge on any atom is -0.478 e. The molecule has 0 aliphatic carbocycles. The SMILES string of the molecule is O=C(CNc1ccncc1)Nc1ccccc1C(=O)O. The lowest BCUT2D eigenvalue weighted by atomic mass is 10.2.